The van der Waals surface area contributed by atoms with E-state index in [4.69, 9.17) is 9.84 Å². The highest BCUT2D eigenvalue weighted by atomic mass is 19.2. The number of para-hydroxylation sites is 1. The van der Waals surface area contributed by atoms with Crippen LogP contribution in [0.1, 0.15) is 10.4 Å². The number of aromatic carboxylic acids is 1. The molecule has 1 N–H and O–H groups in total. The third-order valence-corrected chi connectivity index (χ3v) is 2.71. The van der Waals surface area contributed by atoms with Gasteiger partial charge in [-0.2, -0.15) is 0 Å². The third-order valence-electron chi connectivity index (χ3n) is 2.71. The molecule has 0 aliphatic carbocycles. The molecule has 5 heteroatoms. The highest BCUT2D eigenvalue weighted by Gasteiger charge is 2.20. The lowest BCUT2D eigenvalue weighted by molar-refractivity contribution is 0.0690. The Hall–Kier alpha value is -2.43. The van der Waals surface area contributed by atoms with Gasteiger partial charge in [-0.05, 0) is 12.1 Å². The van der Waals surface area contributed by atoms with E-state index in [1.807, 2.05) is 0 Å². The molecule has 0 amide bonds. The number of hydrogen-bond acceptors (Lipinski definition) is 2. The molecule has 3 nitrogen and oxygen atoms in total. The van der Waals surface area contributed by atoms with E-state index >= 15 is 0 Å². The monoisotopic (exact) mass is 264 g/mol. The first-order chi connectivity index (χ1) is 9.06. The van der Waals surface area contributed by atoms with Crippen LogP contribution in [0.3, 0.4) is 0 Å². The number of hydrogen-bond donors (Lipinski definition) is 1. The van der Waals surface area contributed by atoms with Gasteiger partial charge in [0.25, 0.3) is 0 Å². The molecule has 0 aromatic heterocycles. The maximum atomic E-state index is 13.9. The second-order valence-electron chi connectivity index (χ2n) is 3.79. The Labute approximate surface area is 108 Å². The van der Waals surface area contributed by atoms with Crippen LogP contribution in [0.25, 0.3) is 11.1 Å². The third kappa shape index (κ3) is 2.27. The lowest BCUT2D eigenvalue weighted by Gasteiger charge is -2.10. The van der Waals surface area contributed by atoms with E-state index in [0.29, 0.717) is 11.3 Å². The van der Waals surface area contributed by atoms with E-state index < -0.39 is 23.2 Å². The summed E-state index contributed by atoms with van der Waals surface area (Å²) in [6.45, 7) is 0. The lowest BCUT2D eigenvalue weighted by atomic mass is 10.0. The largest absolute Gasteiger partial charge is 0.496 e. The van der Waals surface area contributed by atoms with Crippen molar-refractivity contribution in [3.8, 4) is 16.9 Å². The maximum Gasteiger partial charge on any atom is 0.338 e. The van der Waals surface area contributed by atoms with Gasteiger partial charge >= 0.3 is 5.97 Å². The first-order valence-electron chi connectivity index (χ1n) is 5.41. The summed E-state index contributed by atoms with van der Waals surface area (Å²) in [5.41, 5.74) is -0.380. The highest BCUT2D eigenvalue weighted by molar-refractivity contribution is 5.89. The molecule has 0 radical (unpaired) electrons. The fraction of sp³-hybridized carbons (Fsp3) is 0.0714. The van der Waals surface area contributed by atoms with Gasteiger partial charge in [0, 0.05) is 11.1 Å². The van der Waals surface area contributed by atoms with E-state index in [9.17, 15) is 13.6 Å². The molecule has 2 aromatic rings. The van der Waals surface area contributed by atoms with Crippen molar-refractivity contribution in [1.29, 1.82) is 0 Å². The first-order valence-corrected chi connectivity index (χ1v) is 5.41. The van der Waals surface area contributed by atoms with Crippen LogP contribution in [0, 0.1) is 11.6 Å². The molecule has 0 spiro atoms. The van der Waals surface area contributed by atoms with Crippen LogP contribution in [-0.4, -0.2) is 18.2 Å². The van der Waals surface area contributed by atoms with Gasteiger partial charge in [0.2, 0.25) is 0 Å². The number of rotatable bonds is 3. The van der Waals surface area contributed by atoms with Crippen LogP contribution >= 0.6 is 0 Å². The van der Waals surface area contributed by atoms with Crippen LogP contribution in [0.4, 0.5) is 8.78 Å². The molecule has 0 aliphatic rings. The highest BCUT2D eigenvalue weighted by Crippen LogP contribution is 2.33. The second-order valence-corrected chi connectivity index (χ2v) is 3.79. The van der Waals surface area contributed by atoms with Crippen LogP contribution in [0.2, 0.25) is 0 Å². The molecule has 98 valence electrons. The Bertz CT molecular complexity index is 639. The summed E-state index contributed by atoms with van der Waals surface area (Å²) in [5.74, 6) is -3.72. The van der Waals surface area contributed by atoms with E-state index in [-0.39, 0.29) is 5.56 Å². The maximum absolute atomic E-state index is 13.9. The van der Waals surface area contributed by atoms with Gasteiger partial charge in [-0.15, -0.1) is 0 Å². The van der Waals surface area contributed by atoms with Gasteiger partial charge in [-0.3, -0.25) is 0 Å². The minimum Gasteiger partial charge on any atom is -0.496 e. The molecule has 0 fully saturated rings. The number of carboxylic acids is 1. The van der Waals surface area contributed by atoms with Gasteiger partial charge in [0.15, 0.2) is 11.6 Å². The Kier molecular flexibility index (Phi) is 3.46. The molecular weight excluding hydrogens is 254 g/mol. The van der Waals surface area contributed by atoms with E-state index in [1.165, 1.54) is 13.2 Å². The van der Waals surface area contributed by atoms with Crippen molar-refractivity contribution in [2.24, 2.45) is 0 Å². The first kappa shape index (κ1) is 13.0. The van der Waals surface area contributed by atoms with Gasteiger partial charge in [-0.25, -0.2) is 13.6 Å². The molecule has 0 heterocycles. The van der Waals surface area contributed by atoms with Gasteiger partial charge in [0.1, 0.15) is 5.75 Å². The molecule has 2 aromatic carbocycles. The lowest BCUT2D eigenvalue weighted by Crippen LogP contribution is -2.04. The predicted molar refractivity (Wildman–Crippen MR) is 65.3 cm³/mol. The molecule has 0 bridgehead atoms. The number of halogens is 2. The number of carbonyl (C=O) groups is 1. The summed E-state index contributed by atoms with van der Waals surface area (Å²) >= 11 is 0. The van der Waals surface area contributed by atoms with Crippen molar-refractivity contribution in [3.63, 3.8) is 0 Å². The Morgan fingerprint density at radius 3 is 2.37 bits per heavy atom. The average molecular weight is 264 g/mol. The van der Waals surface area contributed by atoms with Crippen LogP contribution in [-0.2, 0) is 0 Å². The molecule has 19 heavy (non-hydrogen) atoms. The normalized spacial score (nSPS) is 10.3. The van der Waals surface area contributed by atoms with Crippen molar-refractivity contribution in [3.05, 3.63) is 53.6 Å². The SMILES string of the molecule is COc1ccccc1-c1ccc(C(=O)O)c(F)c1F. The van der Waals surface area contributed by atoms with Crippen molar-refractivity contribution in [2.45, 2.75) is 0 Å². The summed E-state index contributed by atoms with van der Waals surface area (Å²) in [7, 11) is 1.42. The molecule has 0 aliphatic heterocycles. The Morgan fingerprint density at radius 1 is 1.05 bits per heavy atom. The van der Waals surface area contributed by atoms with E-state index in [2.05, 4.69) is 0 Å². The van der Waals surface area contributed by atoms with Crippen LogP contribution in [0.5, 0.6) is 5.75 Å². The summed E-state index contributed by atoms with van der Waals surface area (Å²) in [6, 6.07) is 8.78. The number of benzene rings is 2. The van der Waals surface area contributed by atoms with E-state index in [1.54, 1.807) is 24.3 Å². The number of carboxylic acid groups (broad SMARTS) is 1. The smallest absolute Gasteiger partial charge is 0.338 e. The average Bonchev–Trinajstić information content (AvgIpc) is 2.41. The molecule has 0 atom stereocenters. The molecular formula is C14H10F2O3. The quantitative estimate of drug-likeness (QED) is 0.924. The molecule has 0 unspecified atom stereocenters. The molecule has 0 saturated carbocycles. The zero-order chi connectivity index (χ0) is 14.0. The fourth-order valence-corrected chi connectivity index (χ4v) is 1.79. The Morgan fingerprint density at radius 2 is 1.74 bits per heavy atom. The zero-order valence-electron chi connectivity index (χ0n) is 9.98. The number of methoxy groups -OCH3 is 1. The number of ether oxygens (including phenoxy) is 1. The van der Waals surface area contributed by atoms with E-state index in [0.717, 1.165) is 6.07 Å². The summed E-state index contributed by atoms with van der Waals surface area (Å²) in [6.07, 6.45) is 0. The van der Waals surface area contributed by atoms with Gasteiger partial charge in [0.05, 0.1) is 12.7 Å². The second kappa shape index (κ2) is 5.06. The van der Waals surface area contributed by atoms with Gasteiger partial charge in [-0.1, -0.05) is 24.3 Å². The fourth-order valence-electron chi connectivity index (χ4n) is 1.79. The van der Waals surface area contributed by atoms with Crippen molar-refractivity contribution >= 4 is 5.97 Å². The van der Waals surface area contributed by atoms with Crippen LogP contribution in [0.15, 0.2) is 36.4 Å². The van der Waals surface area contributed by atoms with Crippen LogP contribution < -0.4 is 4.74 Å². The molecule has 2 rings (SSSR count). The summed E-state index contributed by atoms with van der Waals surface area (Å²) in [4.78, 5) is 10.7. The predicted octanol–water partition coefficient (Wildman–Crippen LogP) is 3.34. The summed E-state index contributed by atoms with van der Waals surface area (Å²) < 4.78 is 32.6. The minimum atomic E-state index is -1.51. The van der Waals surface area contributed by atoms with Gasteiger partial charge < -0.3 is 9.84 Å². The summed E-state index contributed by atoms with van der Waals surface area (Å²) in [5, 5.41) is 8.72. The minimum absolute atomic E-state index is 0.0417. The Balaban J connectivity index is 2.64. The zero-order valence-corrected chi connectivity index (χ0v) is 9.98. The van der Waals surface area contributed by atoms with Crippen molar-refractivity contribution in [2.75, 3.05) is 7.11 Å². The topological polar surface area (TPSA) is 46.5 Å². The standard InChI is InChI=1S/C14H10F2O3/c1-19-11-5-3-2-4-8(11)9-6-7-10(14(17)18)13(16)12(9)15/h2-7H,1H3,(H,17,18). The molecule has 0 saturated heterocycles. The van der Waals surface area contributed by atoms with Crippen molar-refractivity contribution < 1.29 is 23.4 Å². The van der Waals surface area contributed by atoms with Crippen molar-refractivity contribution in [1.82, 2.24) is 0 Å².